The van der Waals surface area contributed by atoms with Crippen molar-refractivity contribution < 1.29 is 0 Å². The molecule has 1 heterocycles. The topological polar surface area (TPSA) is 24.9 Å². The van der Waals surface area contributed by atoms with Crippen LogP contribution in [0, 0.1) is 6.92 Å². The molecular formula is C14H14BrClN2. The van der Waals surface area contributed by atoms with Crippen molar-refractivity contribution in [2.45, 2.75) is 19.9 Å². The Morgan fingerprint density at radius 3 is 2.67 bits per heavy atom. The van der Waals surface area contributed by atoms with Gasteiger partial charge in [0, 0.05) is 16.7 Å². The van der Waals surface area contributed by atoms with Gasteiger partial charge in [-0.2, -0.15) is 0 Å². The molecule has 1 aromatic carbocycles. The number of halogens is 2. The van der Waals surface area contributed by atoms with Gasteiger partial charge in [0.2, 0.25) is 0 Å². The summed E-state index contributed by atoms with van der Waals surface area (Å²) in [6, 6.07) is 10.2. The fourth-order valence-corrected chi connectivity index (χ4v) is 2.71. The number of rotatable bonds is 3. The van der Waals surface area contributed by atoms with Crippen LogP contribution in [0.4, 0.5) is 5.69 Å². The van der Waals surface area contributed by atoms with E-state index in [1.807, 2.05) is 31.2 Å². The van der Waals surface area contributed by atoms with Crippen molar-refractivity contribution >= 4 is 33.2 Å². The lowest BCUT2D eigenvalue weighted by molar-refractivity contribution is 0.875. The van der Waals surface area contributed by atoms with Gasteiger partial charge >= 0.3 is 0 Å². The minimum atomic E-state index is 0.154. The lowest BCUT2D eigenvalue weighted by Crippen LogP contribution is -2.09. The van der Waals surface area contributed by atoms with Crippen LogP contribution in [-0.4, -0.2) is 4.98 Å². The highest BCUT2D eigenvalue weighted by molar-refractivity contribution is 9.10. The molecule has 94 valence electrons. The van der Waals surface area contributed by atoms with Crippen LogP contribution in [0.3, 0.4) is 0 Å². The summed E-state index contributed by atoms with van der Waals surface area (Å²) in [7, 11) is 0. The zero-order chi connectivity index (χ0) is 13.1. The zero-order valence-electron chi connectivity index (χ0n) is 10.2. The van der Waals surface area contributed by atoms with Gasteiger partial charge in [0.1, 0.15) is 0 Å². The fourth-order valence-electron chi connectivity index (χ4n) is 1.82. The third-order valence-electron chi connectivity index (χ3n) is 2.85. The zero-order valence-corrected chi connectivity index (χ0v) is 12.6. The van der Waals surface area contributed by atoms with Crippen molar-refractivity contribution in [2.24, 2.45) is 0 Å². The maximum atomic E-state index is 6.12. The van der Waals surface area contributed by atoms with Crippen molar-refractivity contribution in [3.05, 3.63) is 57.3 Å². The van der Waals surface area contributed by atoms with E-state index >= 15 is 0 Å². The second-order valence-electron chi connectivity index (χ2n) is 4.18. The number of anilines is 1. The number of pyridine rings is 1. The molecule has 0 amide bonds. The van der Waals surface area contributed by atoms with Crippen LogP contribution in [-0.2, 0) is 0 Å². The van der Waals surface area contributed by atoms with Crippen molar-refractivity contribution in [2.75, 3.05) is 5.32 Å². The van der Waals surface area contributed by atoms with E-state index in [2.05, 4.69) is 39.2 Å². The van der Waals surface area contributed by atoms with E-state index in [1.165, 1.54) is 5.56 Å². The Hall–Kier alpha value is -1.06. The lowest BCUT2D eigenvalue weighted by Gasteiger charge is -2.19. The molecule has 2 rings (SSSR count). The third kappa shape index (κ3) is 2.85. The molecule has 0 saturated carbocycles. The molecule has 4 heteroatoms. The average molecular weight is 326 g/mol. The van der Waals surface area contributed by atoms with Gasteiger partial charge in [0.05, 0.1) is 5.69 Å². The minimum absolute atomic E-state index is 0.154. The molecule has 0 fully saturated rings. The quantitative estimate of drug-likeness (QED) is 0.805. The largest absolute Gasteiger partial charge is 0.376 e. The first kappa shape index (κ1) is 13.4. The number of aromatic nitrogens is 1. The maximum Gasteiger partial charge on any atom is 0.152 e. The summed E-state index contributed by atoms with van der Waals surface area (Å²) >= 11 is 9.67. The number of hydrogen-bond acceptors (Lipinski definition) is 2. The molecule has 0 aliphatic rings. The summed E-state index contributed by atoms with van der Waals surface area (Å²) in [6.45, 7) is 4.12. The van der Waals surface area contributed by atoms with E-state index in [4.69, 9.17) is 11.6 Å². The van der Waals surface area contributed by atoms with E-state index in [9.17, 15) is 0 Å². The normalized spacial score (nSPS) is 12.2. The number of nitrogens with zero attached hydrogens (tertiary/aromatic N) is 1. The molecule has 18 heavy (non-hydrogen) atoms. The predicted octanol–water partition coefficient (Wildman–Crippen LogP) is 4.98. The van der Waals surface area contributed by atoms with Crippen LogP contribution in [0.5, 0.6) is 0 Å². The van der Waals surface area contributed by atoms with Crippen molar-refractivity contribution in [3.63, 3.8) is 0 Å². The predicted molar refractivity (Wildman–Crippen MR) is 80.2 cm³/mol. The van der Waals surface area contributed by atoms with E-state index in [-0.39, 0.29) is 6.04 Å². The molecule has 1 aromatic heterocycles. The molecule has 1 unspecified atom stereocenters. The Bertz CT molecular complexity index is 537. The van der Waals surface area contributed by atoms with Crippen LogP contribution in [0.15, 0.2) is 41.0 Å². The van der Waals surface area contributed by atoms with Gasteiger partial charge in [-0.1, -0.05) is 45.7 Å². The summed E-state index contributed by atoms with van der Waals surface area (Å²) in [5.74, 6) is 0. The number of aryl methyl sites for hydroxylation is 1. The van der Waals surface area contributed by atoms with Gasteiger partial charge in [0.25, 0.3) is 0 Å². The van der Waals surface area contributed by atoms with Gasteiger partial charge in [-0.25, -0.2) is 4.98 Å². The molecule has 0 aliphatic carbocycles. The van der Waals surface area contributed by atoms with E-state index < -0.39 is 0 Å². The van der Waals surface area contributed by atoms with Crippen molar-refractivity contribution in [1.29, 1.82) is 0 Å². The van der Waals surface area contributed by atoms with E-state index in [1.54, 1.807) is 6.20 Å². The summed E-state index contributed by atoms with van der Waals surface area (Å²) in [5.41, 5.74) is 3.17. The highest BCUT2D eigenvalue weighted by atomic mass is 79.9. The average Bonchev–Trinajstić information content (AvgIpc) is 2.34. The second kappa shape index (κ2) is 5.72. The van der Waals surface area contributed by atoms with Gasteiger partial charge in [-0.05, 0) is 37.1 Å². The summed E-state index contributed by atoms with van der Waals surface area (Å²) < 4.78 is 1.09. The number of nitrogens with one attached hydrogen (secondary N) is 1. The van der Waals surface area contributed by atoms with Crippen LogP contribution in [0.1, 0.15) is 24.1 Å². The molecule has 0 bridgehead atoms. The van der Waals surface area contributed by atoms with Gasteiger partial charge in [-0.3, -0.25) is 0 Å². The molecular weight excluding hydrogens is 312 g/mol. The molecule has 2 nitrogen and oxygen atoms in total. The molecule has 2 aromatic rings. The van der Waals surface area contributed by atoms with Gasteiger partial charge in [0.15, 0.2) is 5.15 Å². The molecule has 1 atom stereocenters. The SMILES string of the molecule is Cc1ccnc(Cl)c1NC(C)c1ccccc1Br. The first-order chi connectivity index (χ1) is 8.59. The minimum Gasteiger partial charge on any atom is -0.376 e. The first-order valence-corrected chi connectivity index (χ1v) is 6.88. The molecule has 0 spiro atoms. The monoisotopic (exact) mass is 324 g/mol. The van der Waals surface area contributed by atoms with Crippen LogP contribution >= 0.6 is 27.5 Å². The van der Waals surface area contributed by atoms with Gasteiger partial charge < -0.3 is 5.32 Å². The Kier molecular flexibility index (Phi) is 4.25. The molecule has 0 aliphatic heterocycles. The highest BCUT2D eigenvalue weighted by Gasteiger charge is 2.12. The van der Waals surface area contributed by atoms with Crippen LogP contribution in [0.25, 0.3) is 0 Å². The summed E-state index contributed by atoms with van der Waals surface area (Å²) in [5, 5.41) is 3.92. The number of benzene rings is 1. The summed E-state index contributed by atoms with van der Waals surface area (Å²) in [4.78, 5) is 4.10. The van der Waals surface area contributed by atoms with E-state index in [0.717, 1.165) is 15.7 Å². The smallest absolute Gasteiger partial charge is 0.152 e. The van der Waals surface area contributed by atoms with Gasteiger partial charge in [-0.15, -0.1) is 0 Å². The fraction of sp³-hybridized carbons (Fsp3) is 0.214. The summed E-state index contributed by atoms with van der Waals surface area (Å²) in [6.07, 6.45) is 1.71. The first-order valence-electron chi connectivity index (χ1n) is 5.71. The Balaban J connectivity index is 2.27. The van der Waals surface area contributed by atoms with Crippen molar-refractivity contribution in [1.82, 2.24) is 4.98 Å². The molecule has 0 radical (unpaired) electrons. The van der Waals surface area contributed by atoms with Crippen LogP contribution < -0.4 is 5.32 Å². The van der Waals surface area contributed by atoms with E-state index in [0.29, 0.717) is 5.15 Å². The molecule has 0 saturated heterocycles. The Morgan fingerprint density at radius 2 is 2.00 bits per heavy atom. The Morgan fingerprint density at radius 1 is 1.28 bits per heavy atom. The Labute approximate surface area is 121 Å². The highest BCUT2D eigenvalue weighted by Crippen LogP contribution is 2.30. The molecule has 1 N–H and O–H groups in total. The maximum absolute atomic E-state index is 6.12. The van der Waals surface area contributed by atoms with Crippen molar-refractivity contribution in [3.8, 4) is 0 Å². The number of hydrogen-bond donors (Lipinski definition) is 1. The third-order valence-corrected chi connectivity index (χ3v) is 3.85. The lowest BCUT2D eigenvalue weighted by atomic mass is 10.1. The van der Waals surface area contributed by atoms with Crippen LogP contribution in [0.2, 0.25) is 5.15 Å². The second-order valence-corrected chi connectivity index (χ2v) is 5.39. The standard InChI is InChI=1S/C14H14BrClN2/c1-9-7-8-17-14(16)13(9)18-10(2)11-5-3-4-6-12(11)15/h3-8,10,18H,1-2H3.